The number of hydrogen-bond acceptors (Lipinski definition) is 4. The molecule has 2 aromatic rings. The molecule has 0 unspecified atom stereocenters. The lowest BCUT2D eigenvalue weighted by Gasteiger charge is -2.33. The number of nitrogens with zero attached hydrogens (tertiary/aromatic N) is 2. The molecule has 0 saturated carbocycles. The van der Waals surface area contributed by atoms with Gasteiger partial charge in [0.2, 0.25) is 5.91 Å². The van der Waals surface area contributed by atoms with Crippen LogP contribution in [0.2, 0.25) is 0 Å². The van der Waals surface area contributed by atoms with Gasteiger partial charge in [-0.2, -0.15) is 4.31 Å². The average Bonchev–Trinajstić information content (AvgIpc) is 3.04. The third-order valence-corrected chi connectivity index (χ3v) is 7.87. The van der Waals surface area contributed by atoms with E-state index in [1.165, 1.54) is 15.6 Å². The van der Waals surface area contributed by atoms with Crippen molar-refractivity contribution in [2.75, 3.05) is 26.2 Å². The Kier molecular flexibility index (Phi) is 5.27. The molecule has 0 aliphatic carbocycles. The zero-order valence-corrected chi connectivity index (χ0v) is 16.1. The molecule has 0 atom stereocenters. The number of thiophene rings is 1. The highest BCUT2D eigenvalue weighted by Gasteiger charge is 2.30. The van der Waals surface area contributed by atoms with Gasteiger partial charge in [0.15, 0.2) is 0 Å². The van der Waals surface area contributed by atoms with Gasteiger partial charge in [-0.25, -0.2) is 8.42 Å². The van der Waals surface area contributed by atoms with Crippen molar-refractivity contribution in [3.63, 3.8) is 0 Å². The molecule has 7 heteroatoms. The van der Waals surface area contributed by atoms with E-state index in [-0.39, 0.29) is 5.91 Å². The highest BCUT2D eigenvalue weighted by Crippen LogP contribution is 2.25. The maximum atomic E-state index is 12.6. The summed E-state index contributed by atoms with van der Waals surface area (Å²) in [7, 11) is -3.44. The quantitative estimate of drug-likeness (QED) is 0.821. The van der Waals surface area contributed by atoms with Gasteiger partial charge in [0.05, 0.1) is 6.42 Å². The molecular formula is C18H22N2O3S2. The van der Waals surface area contributed by atoms with E-state index in [1.54, 1.807) is 11.0 Å². The number of aryl methyl sites for hydroxylation is 2. The number of sulfonamides is 1. The maximum Gasteiger partial charge on any atom is 0.252 e. The summed E-state index contributed by atoms with van der Waals surface area (Å²) in [5.74, 6) is 0.0540. The highest BCUT2D eigenvalue weighted by molar-refractivity contribution is 7.91. The number of rotatable bonds is 4. The fourth-order valence-corrected chi connectivity index (χ4v) is 5.80. The van der Waals surface area contributed by atoms with Crippen molar-refractivity contribution in [2.45, 2.75) is 24.5 Å². The van der Waals surface area contributed by atoms with Crippen LogP contribution in [0.1, 0.15) is 16.0 Å². The van der Waals surface area contributed by atoms with E-state index in [0.29, 0.717) is 36.8 Å². The molecule has 0 N–H and O–H groups in total. The van der Waals surface area contributed by atoms with E-state index in [4.69, 9.17) is 0 Å². The SMILES string of the molecule is Cc1ccc(S(=O)(=O)N2CCN(C(=O)Cc3ccccc3C)CC2)s1. The fourth-order valence-electron chi connectivity index (χ4n) is 2.94. The lowest BCUT2D eigenvalue weighted by molar-refractivity contribution is -0.131. The first-order valence-corrected chi connectivity index (χ1v) is 10.5. The molecule has 1 saturated heterocycles. The predicted octanol–water partition coefficient (Wildman–Crippen LogP) is 2.44. The van der Waals surface area contributed by atoms with Gasteiger partial charge in [-0.05, 0) is 37.1 Å². The summed E-state index contributed by atoms with van der Waals surface area (Å²) in [6, 6.07) is 11.3. The second-order valence-corrected chi connectivity index (χ2v) is 9.71. The molecule has 1 amide bonds. The number of piperazine rings is 1. The van der Waals surface area contributed by atoms with Crippen molar-refractivity contribution in [3.8, 4) is 0 Å². The van der Waals surface area contributed by atoms with E-state index < -0.39 is 10.0 Å². The molecule has 5 nitrogen and oxygen atoms in total. The van der Waals surface area contributed by atoms with E-state index in [9.17, 15) is 13.2 Å². The summed E-state index contributed by atoms with van der Waals surface area (Å²) in [4.78, 5) is 15.2. The Morgan fingerprint density at radius 2 is 1.72 bits per heavy atom. The maximum absolute atomic E-state index is 12.6. The molecule has 3 rings (SSSR count). The third-order valence-electron chi connectivity index (χ3n) is 4.50. The fraction of sp³-hybridized carbons (Fsp3) is 0.389. The van der Waals surface area contributed by atoms with E-state index >= 15 is 0 Å². The van der Waals surface area contributed by atoms with Crippen LogP contribution >= 0.6 is 11.3 Å². The topological polar surface area (TPSA) is 57.7 Å². The number of amides is 1. The van der Waals surface area contributed by atoms with Crippen molar-refractivity contribution in [1.29, 1.82) is 0 Å². The van der Waals surface area contributed by atoms with Crippen LogP contribution in [0.3, 0.4) is 0 Å². The van der Waals surface area contributed by atoms with Crippen molar-refractivity contribution >= 4 is 27.3 Å². The van der Waals surface area contributed by atoms with Gasteiger partial charge in [0.1, 0.15) is 4.21 Å². The second-order valence-electron chi connectivity index (χ2n) is 6.25. The van der Waals surface area contributed by atoms with Gasteiger partial charge in [-0.15, -0.1) is 11.3 Å². The average molecular weight is 379 g/mol. The Morgan fingerprint density at radius 1 is 1.04 bits per heavy atom. The van der Waals surface area contributed by atoms with Gasteiger partial charge < -0.3 is 4.90 Å². The van der Waals surface area contributed by atoms with Crippen LogP contribution in [0.15, 0.2) is 40.6 Å². The minimum Gasteiger partial charge on any atom is -0.340 e. The molecule has 134 valence electrons. The molecule has 0 bridgehead atoms. The summed E-state index contributed by atoms with van der Waals surface area (Å²) in [6.07, 6.45) is 0.365. The zero-order valence-electron chi connectivity index (χ0n) is 14.4. The number of carbonyl (C=O) groups excluding carboxylic acids is 1. The lowest BCUT2D eigenvalue weighted by Crippen LogP contribution is -2.50. The summed E-state index contributed by atoms with van der Waals surface area (Å²) in [6.45, 7) is 5.46. The van der Waals surface area contributed by atoms with Crippen LogP contribution < -0.4 is 0 Å². The Hall–Kier alpha value is -1.70. The van der Waals surface area contributed by atoms with Crippen LogP contribution in [0.4, 0.5) is 0 Å². The molecule has 1 fully saturated rings. The molecule has 0 spiro atoms. The molecule has 0 radical (unpaired) electrons. The Bertz CT molecular complexity index is 866. The molecule has 25 heavy (non-hydrogen) atoms. The number of carbonyl (C=O) groups is 1. The highest BCUT2D eigenvalue weighted by atomic mass is 32.2. The first-order chi connectivity index (χ1) is 11.9. The first-order valence-electron chi connectivity index (χ1n) is 8.27. The molecule has 1 aliphatic rings. The minimum atomic E-state index is -3.44. The minimum absolute atomic E-state index is 0.0540. The van der Waals surface area contributed by atoms with Crippen LogP contribution in [0.5, 0.6) is 0 Å². The van der Waals surface area contributed by atoms with Crippen LogP contribution in [-0.4, -0.2) is 49.7 Å². The zero-order chi connectivity index (χ0) is 18.0. The number of benzene rings is 1. The standard InChI is InChI=1S/C18H22N2O3S2/c1-14-5-3-4-6-16(14)13-17(21)19-9-11-20(12-10-19)25(22,23)18-8-7-15(2)24-18/h3-8H,9-13H2,1-2H3. The normalized spacial score (nSPS) is 16.2. The van der Waals surface area contributed by atoms with Gasteiger partial charge in [-0.3, -0.25) is 4.79 Å². The van der Waals surface area contributed by atoms with E-state index in [2.05, 4.69) is 0 Å². The molecule has 1 aromatic carbocycles. The van der Waals surface area contributed by atoms with Crippen molar-refractivity contribution < 1.29 is 13.2 Å². The number of hydrogen-bond donors (Lipinski definition) is 0. The van der Waals surface area contributed by atoms with E-state index in [0.717, 1.165) is 16.0 Å². The molecule has 1 aromatic heterocycles. The summed E-state index contributed by atoms with van der Waals surface area (Å²) < 4.78 is 27.2. The predicted molar refractivity (Wildman–Crippen MR) is 99.3 cm³/mol. The molecule has 1 aliphatic heterocycles. The summed E-state index contributed by atoms with van der Waals surface area (Å²) >= 11 is 1.29. The molecular weight excluding hydrogens is 356 g/mol. The first kappa shape index (κ1) is 18.1. The van der Waals surface area contributed by atoms with Gasteiger partial charge in [-0.1, -0.05) is 24.3 Å². The van der Waals surface area contributed by atoms with E-state index in [1.807, 2.05) is 44.2 Å². The Balaban J connectivity index is 1.62. The van der Waals surface area contributed by atoms with Gasteiger partial charge in [0.25, 0.3) is 10.0 Å². The Labute approximate surface area is 152 Å². The van der Waals surface area contributed by atoms with Crippen LogP contribution in [0.25, 0.3) is 0 Å². The summed E-state index contributed by atoms with van der Waals surface area (Å²) in [5.41, 5.74) is 2.13. The van der Waals surface area contributed by atoms with Gasteiger partial charge >= 0.3 is 0 Å². The van der Waals surface area contributed by atoms with Crippen LogP contribution in [-0.2, 0) is 21.2 Å². The lowest BCUT2D eigenvalue weighted by atomic mass is 10.1. The largest absolute Gasteiger partial charge is 0.340 e. The molecule has 2 heterocycles. The summed E-state index contributed by atoms with van der Waals surface area (Å²) in [5, 5.41) is 0. The third kappa shape index (κ3) is 3.94. The Morgan fingerprint density at radius 3 is 2.32 bits per heavy atom. The van der Waals surface area contributed by atoms with Crippen molar-refractivity contribution in [2.24, 2.45) is 0 Å². The van der Waals surface area contributed by atoms with Gasteiger partial charge in [0, 0.05) is 31.1 Å². The van der Waals surface area contributed by atoms with Crippen molar-refractivity contribution in [3.05, 3.63) is 52.4 Å². The van der Waals surface area contributed by atoms with Crippen molar-refractivity contribution in [1.82, 2.24) is 9.21 Å². The van der Waals surface area contributed by atoms with Crippen LogP contribution in [0, 0.1) is 13.8 Å². The smallest absolute Gasteiger partial charge is 0.252 e. The monoisotopic (exact) mass is 378 g/mol. The second kappa shape index (κ2) is 7.27.